The first-order chi connectivity index (χ1) is 13.4. The van der Waals surface area contributed by atoms with E-state index in [4.69, 9.17) is 0 Å². The lowest BCUT2D eigenvalue weighted by atomic mass is 10.2. The number of hydrogen-bond acceptors (Lipinski definition) is 6. The fourth-order valence-corrected chi connectivity index (χ4v) is 3.38. The number of anilines is 3. The predicted octanol–water partition coefficient (Wildman–Crippen LogP) is 4.61. The van der Waals surface area contributed by atoms with Gasteiger partial charge in [-0.3, -0.25) is 9.88 Å². The normalized spacial score (nSPS) is 11.6. The number of aromatic nitrogens is 3. The molecule has 1 aromatic carbocycles. The van der Waals surface area contributed by atoms with Gasteiger partial charge in [0.05, 0.1) is 5.52 Å². The first-order valence-electron chi connectivity index (χ1n) is 9.89. The SMILES string of the molecule is Cc1cnc(Nc2ccc3ncccc3c2)nc1NCCN(C(C)C)C(C)C. The van der Waals surface area contributed by atoms with Gasteiger partial charge < -0.3 is 10.6 Å². The highest BCUT2D eigenvalue weighted by Crippen LogP contribution is 2.21. The van der Waals surface area contributed by atoms with Gasteiger partial charge in [-0.15, -0.1) is 0 Å². The maximum absolute atomic E-state index is 4.67. The Morgan fingerprint density at radius 3 is 2.57 bits per heavy atom. The van der Waals surface area contributed by atoms with Gasteiger partial charge in [-0.1, -0.05) is 6.07 Å². The molecule has 0 aliphatic rings. The minimum atomic E-state index is 0.521. The number of nitrogens with one attached hydrogen (secondary N) is 2. The fourth-order valence-electron chi connectivity index (χ4n) is 3.38. The summed E-state index contributed by atoms with van der Waals surface area (Å²) >= 11 is 0. The molecule has 0 fully saturated rings. The lowest BCUT2D eigenvalue weighted by Gasteiger charge is -2.30. The van der Waals surface area contributed by atoms with Gasteiger partial charge in [0, 0.05) is 54.2 Å². The second kappa shape index (κ2) is 8.97. The van der Waals surface area contributed by atoms with Crippen LogP contribution < -0.4 is 10.6 Å². The Morgan fingerprint density at radius 2 is 1.82 bits per heavy atom. The molecule has 0 amide bonds. The molecule has 0 unspecified atom stereocenters. The van der Waals surface area contributed by atoms with Gasteiger partial charge in [-0.2, -0.15) is 4.98 Å². The molecule has 0 saturated carbocycles. The minimum Gasteiger partial charge on any atom is -0.368 e. The summed E-state index contributed by atoms with van der Waals surface area (Å²) in [5.74, 6) is 1.45. The lowest BCUT2D eigenvalue weighted by Crippen LogP contribution is -2.40. The summed E-state index contributed by atoms with van der Waals surface area (Å²) in [5.41, 5.74) is 2.95. The van der Waals surface area contributed by atoms with Crippen LogP contribution in [0.15, 0.2) is 42.7 Å². The quantitative estimate of drug-likeness (QED) is 0.597. The van der Waals surface area contributed by atoms with E-state index in [1.54, 1.807) is 6.20 Å². The second-order valence-corrected chi connectivity index (χ2v) is 7.61. The number of nitrogens with zero attached hydrogens (tertiary/aromatic N) is 4. The van der Waals surface area contributed by atoms with Crippen LogP contribution in [0.25, 0.3) is 10.9 Å². The van der Waals surface area contributed by atoms with Crippen LogP contribution in [-0.2, 0) is 0 Å². The van der Waals surface area contributed by atoms with Gasteiger partial charge in [0.1, 0.15) is 5.82 Å². The van der Waals surface area contributed by atoms with Crippen molar-refractivity contribution in [3.63, 3.8) is 0 Å². The van der Waals surface area contributed by atoms with E-state index < -0.39 is 0 Å². The Labute approximate surface area is 167 Å². The van der Waals surface area contributed by atoms with Crippen molar-refractivity contribution in [2.45, 2.75) is 46.7 Å². The molecule has 0 aliphatic carbocycles. The van der Waals surface area contributed by atoms with Gasteiger partial charge in [-0.05, 0) is 58.9 Å². The maximum atomic E-state index is 4.67. The first kappa shape index (κ1) is 20.0. The Bertz CT molecular complexity index is 914. The molecule has 0 atom stereocenters. The average Bonchev–Trinajstić information content (AvgIpc) is 2.66. The molecule has 0 aliphatic heterocycles. The van der Waals surface area contributed by atoms with Crippen molar-refractivity contribution in [1.82, 2.24) is 19.9 Å². The minimum absolute atomic E-state index is 0.521. The molecule has 0 spiro atoms. The molecule has 6 heteroatoms. The van der Waals surface area contributed by atoms with Crippen molar-refractivity contribution in [2.24, 2.45) is 0 Å². The van der Waals surface area contributed by atoms with E-state index in [-0.39, 0.29) is 0 Å². The molecule has 0 radical (unpaired) electrons. The highest BCUT2D eigenvalue weighted by Gasteiger charge is 2.13. The standard InChI is InChI=1S/C22H30N6/c1-15(2)28(16(3)4)12-11-24-21-17(5)14-25-22(27-21)26-19-8-9-20-18(13-19)7-6-10-23-20/h6-10,13-16H,11-12H2,1-5H3,(H2,24,25,26,27). The number of aryl methyl sites for hydroxylation is 1. The first-order valence-corrected chi connectivity index (χ1v) is 9.89. The third-order valence-corrected chi connectivity index (χ3v) is 4.82. The topological polar surface area (TPSA) is 66.0 Å². The van der Waals surface area contributed by atoms with Crippen molar-refractivity contribution in [3.8, 4) is 0 Å². The fraction of sp³-hybridized carbons (Fsp3) is 0.409. The Morgan fingerprint density at radius 1 is 1.04 bits per heavy atom. The summed E-state index contributed by atoms with van der Waals surface area (Å²) in [7, 11) is 0. The number of hydrogen-bond donors (Lipinski definition) is 2. The Kier molecular flexibility index (Phi) is 6.41. The monoisotopic (exact) mass is 378 g/mol. The van der Waals surface area contributed by atoms with E-state index in [1.807, 2.05) is 37.4 Å². The molecule has 0 saturated heterocycles. The zero-order chi connectivity index (χ0) is 20.1. The molecule has 2 heterocycles. The third-order valence-electron chi connectivity index (χ3n) is 4.82. The van der Waals surface area contributed by atoms with Gasteiger partial charge in [0.15, 0.2) is 0 Å². The molecule has 3 rings (SSSR count). The highest BCUT2D eigenvalue weighted by atomic mass is 15.2. The smallest absolute Gasteiger partial charge is 0.229 e. The molecular formula is C22H30N6. The van der Waals surface area contributed by atoms with E-state index in [0.29, 0.717) is 18.0 Å². The number of fused-ring (bicyclic) bond motifs is 1. The van der Waals surface area contributed by atoms with Crippen LogP contribution in [0, 0.1) is 6.92 Å². The summed E-state index contributed by atoms with van der Waals surface area (Å²) in [6, 6.07) is 11.1. The summed E-state index contributed by atoms with van der Waals surface area (Å²) in [6.07, 6.45) is 3.65. The third kappa shape index (κ3) is 4.95. The lowest BCUT2D eigenvalue weighted by molar-refractivity contribution is 0.182. The van der Waals surface area contributed by atoms with E-state index in [9.17, 15) is 0 Å². The zero-order valence-corrected chi connectivity index (χ0v) is 17.4. The van der Waals surface area contributed by atoms with Crippen LogP contribution in [0.1, 0.15) is 33.3 Å². The van der Waals surface area contributed by atoms with Gasteiger partial charge in [0.2, 0.25) is 5.95 Å². The summed E-state index contributed by atoms with van der Waals surface area (Å²) in [6.45, 7) is 12.8. The summed E-state index contributed by atoms with van der Waals surface area (Å²) in [4.78, 5) is 15.9. The molecule has 2 aromatic heterocycles. The molecule has 6 nitrogen and oxygen atoms in total. The predicted molar refractivity (Wildman–Crippen MR) is 117 cm³/mol. The van der Waals surface area contributed by atoms with Crippen LogP contribution in [0.2, 0.25) is 0 Å². The van der Waals surface area contributed by atoms with Crippen LogP contribution in [0.3, 0.4) is 0 Å². The summed E-state index contributed by atoms with van der Waals surface area (Å²) in [5, 5.41) is 7.85. The Balaban J connectivity index is 1.68. The van der Waals surface area contributed by atoms with Crippen molar-refractivity contribution < 1.29 is 0 Å². The molecule has 2 N–H and O–H groups in total. The van der Waals surface area contributed by atoms with E-state index >= 15 is 0 Å². The van der Waals surface area contributed by atoms with E-state index in [1.165, 1.54) is 0 Å². The molecule has 0 bridgehead atoms. The number of rotatable bonds is 8. The van der Waals surface area contributed by atoms with Crippen molar-refractivity contribution in [1.29, 1.82) is 0 Å². The number of pyridine rings is 1. The highest BCUT2D eigenvalue weighted by molar-refractivity contribution is 5.82. The summed E-state index contributed by atoms with van der Waals surface area (Å²) < 4.78 is 0. The van der Waals surface area contributed by atoms with Crippen molar-refractivity contribution in [3.05, 3.63) is 48.3 Å². The molecule has 28 heavy (non-hydrogen) atoms. The van der Waals surface area contributed by atoms with Gasteiger partial charge in [-0.25, -0.2) is 4.98 Å². The largest absolute Gasteiger partial charge is 0.368 e. The van der Waals surface area contributed by atoms with Crippen LogP contribution >= 0.6 is 0 Å². The van der Waals surface area contributed by atoms with Gasteiger partial charge >= 0.3 is 0 Å². The van der Waals surface area contributed by atoms with Crippen molar-refractivity contribution >= 4 is 28.4 Å². The molecular weight excluding hydrogens is 348 g/mol. The Hall–Kier alpha value is -2.73. The maximum Gasteiger partial charge on any atom is 0.229 e. The van der Waals surface area contributed by atoms with E-state index in [0.717, 1.165) is 41.1 Å². The number of benzene rings is 1. The van der Waals surface area contributed by atoms with Crippen LogP contribution in [0.5, 0.6) is 0 Å². The molecule has 3 aromatic rings. The van der Waals surface area contributed by atoms with Gasteiger partial charge in [0.25, 0.3) is 0 Å². The van der Waals surface area contributed by atoms with Crippen LogP contribution in [0.4, 0.5) is 17.5 Å². The zero-order valence-electron chi connectivity index (χ0n) is 17.4. The van der Waals surface area contributed by atoms with Crippen LogP contribution in [-0.4, -0.2) is 45.0 Å². The second-order valence-electron chi connectivity index (χ2n) is 7.61. The van der Waals surface area contributed by atoms with Crippen molar-refractivity contribution in [2.75, 3.05) is 23.7 Å². The molecule has 148 valence electrons. The van der Waals surface area contributed by atoms with E-state index in [2.05, 4.69) is 64.2 Å². The average molecular weight is 379 g/mol.